The van der Waals surface area contributed by atoms with E-state index in [1.54, 1.807) is 35.9 Å². The number of aromatic nitrogens is 3. The van der Waals surface area contributed by atoms with Crippen molar-refractivity contribution in [1.82, 2.24) is 14.8 Å². The van der Waals surface area contributed by atoms with Crippen molar-refractivity contribution in [2.24, 2.45) is 7.05 Å². The lowest BCUT2D eigenvalue weighted by molar-refractivity contribution is -0.384. The van der Waals surface area contributed by atoms with E-state index in [1.807, 2.05) is 0 Å². The van der Waals surface area contributed by atoms with Crippen LogP contribution >= 0.6 is 35.0 Å². The van der Waals surface area contributed by atoms with E-state index in [4.69, 9.17) is 23.2 Å². The van der Waals surface area contributed by atoms with Gasteiger partial charge in [-0.25, -0.2) is 0 Å². The van der Waals surface area contributed by atoms with Crippen LogP contribution in [-0.4, -0.2) is 31.3 Å². The van der Waals surface area contributed by atoms with Crippen LogP contribution in [0.1, 0.15) is 0 Å². The standard InChI is InChI=1S/C17H13Cl2N5O3S/c1-23-16(13-6-5-10(18)7-14(13)19)21-22-17(23)28-9-15(25)20-11-3-2-4-12(8-11)24(26)27/h2-8H,9H2,1H3,(H,20,25). The molecule has 0 aliphatic rings. The number of nitrogens with one attached hydrogen (secondary N) is 1. The van der Waals surface area contributed by atoms with E-state index in [2.05, 4.69) is 15.5 Å². The van der Waals surface area contributed by atoms with Crippen molar-refractivity contribution in [3.63, 3.8) is 0 Å². The van der Waals surface area contributed by atoms with E-state index in [9.17, 15) is 14.9 Å². The quantitative estimate of drug-likeness (QED) is 0.347. The van der Waals surface area contributed by atoms with Gasteiger partial charge in [0.15, 0.2) is 11.0 Å². The van der Waals surface area contributed by atoms with Gasteiger partial charge in [-0.15, -0.1) is 10.2 Å². The van der Waals surface area contributed by atoms with Gasteiger partial charge in [0.25, 0.3) is 5.69 Å². The first-order valence-corrected chi connectivity index (χ1v) is 9.61. The second kappa shape index (κ2) is 8.59. The Morgan fingerprint density at radius 2 is 2.04 bits per heavy atom. The van der Waals surface area contributed by atoms with Gasteiger partial charge in [0.05, 0.1) is 15.7 Å². The molecule has 0 spiro atoms. The highest BCUT2D eigenvalue weighted by atomic mass is 35.5. The van der Waals surface area contributed by atoms with Crippen molar-refractivity contribution in [1.29, 1.82) is 0 Å². The Labute approximate surface area is 174 Å². The molecule has 1 heterocycles. The average molecular weight is 438 g/mol. The monoisotopic (exact) mass is 437 g/mol. The van der Waals surface area contributed by atoms with Crippen LogP contribution in [0.3, 0.4) is 0 Å². The van der Waals surface area contributed by atoms with Crippen LogP contribution in [0.5, 0.6) is 0 Å². The highest BCUT2D eigenvalue weighted by Crippen LogP contribution is 2.30. The summed E-state index contributed by atoms with van der Waals surface area (Å²) >= 11 is 13.3. The zero-order chi connectivity index (χ0) is 20.3. The van der Waals surface area contributed by atoms with Gasteiger partial charge < -0.3 is 9.88 Å². The minimum atomic E-state index is -0.520. The van der Waals surface area contributed by atoms with Gasteiger partial charge in [-0.1, -0.05) is 41.0 Å². The number of carbonyl (C=O) groups is 1. The van der Waals surface area contributed by atoms with Gasteiger partial charge in [0, 0.05) is 35.5 Å². The van der Waals surface area contributed by atoms with Crippen LogP contribution in [0.25, 0.3) is 11.4 Å². The molecule has 0 unspecified atom stereocenters. The fourth-order valence-electron chi connectivity index (χ4n) is 2.37. The maximum atomic E-state index is 12.2. The lowest BCUT2D eigenvalue weighted by Crippen LogP contribution is -2.14. The number of hydrogen-bond acceptors (Lipinski definition) is 6. The number of anilines is 1. The summed E-state index contributed by atoms with van der Waals surface area (Å²) in [5, 5.41) is 23.1. The third kappa shape index (κ3) is 4.61. The van der Waals surface area contributed by atoms with Crippen molar-refractivity contribution < 1.29 is 9.72 Å². The fraction of sp³-hybridized carbons (Fsp3) is 0.118. The summed E-state index contributed by atoms with van der Waals surface area (Å²) in [6, 6.07) is 10.8. The summed E-state index contributed by atoms with van der Waals surface area (Å²) in [4.78, 5) is 22.4. The first kappa shape index (κ1) is 20.1. The van der Waals surface area contributed by atoms with Gasteiger partial charge in [-0.05, 0) is 24.3 Å². The molecule has 2 aromatic carbocycles. The summed E-state index contributed by atoms with van der Waals surface area (Å²) in [6.07, 6.45) is 0. The van der Waals surface area contributed by atoms with E-state index in [0.717, 1.165) is 0 Å². The molecule has 0 aliphatic heterocycles. The minimum Gasteiger partial charge on any atom is -0.325 e. The second-order valence-electron chi connectivity index (χ2n) is 5.63. The third-order valence-electron chi connectivity index (χ3n) is 3.68. The molecular weight excluding hydrogens is 425 g/mol. The van der Waals surface area contributed by atoms with Crippen molar-refractivity contribution >= 4 is 52.2 Å². The Kier molecular flexibility index (Phi) is 6.18. The van der Waals surface area contributed by atoms with E-state index < -0.39 is 4.92 Å². The van der Waals surface area contributed by atoms with Crippen LogP contribution in [-0.2, 0) is 11.8 Å². The molecule has 28 heavy (non-hydrogen) atoms. The molecule has 11 heteroatoms. The van der Waals surface area contributed by atoms with Crippen LogP contribution in [0.2, 0.25) is 10.0 Å². The average Bonchev–Trinajstić information content (AvgIpc) is 3.01. The number of halogens is 2. The highest BCUT2D eigenvalue weighted by molar-refractivity contribution is 7.99. The molecule has 0 bridgehead atoms. The van der Waals surface area contributed by atoms with Crippen LogP contribution < -0.4 is 5.32 Å². The molecule has 3 rings (SSSR count). The van der Waals surface area contributed by atoms with Crippen LogP contribution in [0, 0.1) is 10.1 Å². The number of benzene rings is 2. The maximum Gasteiger partial charge on any atom is 0.271 e. The van der Waals surface area contributed by atoms with E-state index in [1.165, 1.54) is 30.0 Å². The molecule has 0 atom stereocenters. The van der Waals surface area contributed by atoms with Gasteiger partial charge in [0.2, 0.25) is 5.91 Å². The molecular formula is C17H13Cl2N5O3S. The lowest BCUT2D eigenvalue weighted by atomic mass is 10.2. The Morgan fingerprint density at radius 3 is 2.75 bits per heavy atom. The summed E-state index contributed by atoms with van der Waals surface area (Å²) in [5.41, 5.74) is 0.934. The number of rotatable bonds is 6. The largest absolute Gasteiger partial charge is 0.325 e. The zero-order valence-electron chi connectivity index (χ0n) is 14.4. The lowest BCUT2D eigenvalue weighted by Gasteiger charge is -2.07. The zero-order valence-corrected chi connectivity index (χ0v) is 16.8. The molecule has 144 valence electrons. The molecule has 0 aliphatic carbocycles. The molecule has 1 amide bonds. The van der Waals surface area contributed by atoms with Gasteiger partial charge in [-0.3, -0.25) is 14.9 Å². The van der Waals surface area contributed by atoms with Gasteiger partial charge in [-0.2, -0.15) is 0 Å². The highest BCUT2D eigenvalue weighted by Gasteiger charge is 2.16. The normalized spacial score (nSPS) is 10.7. The topological polar surface area (TPSA) is 103 Å². The van der Waals surface area contributed by atoms with Crippen molar-refractivity contribution in [3.8, 4) is 11.4 Å². The number of non-ortho nitro benzene ring substituents is 1. The molecule has 0 radical (unpaired) electrons. The second-order valence-corrected chi connectivity index (χ2v) is 7.42. The Morgan fingerprint density at radius 1 is 1.25 bits per heavy atom. The summed E-state index contributed by atoms with van der Waals surface area (Å²) in [6.45, 7) is 0. The molecule has 0 saturated carbocycles. The van der Waals surface area contributed by atoms with E-state index >= 15 is 0 Å². The van der Waals surface area contributed by atoms with Gasteiger partial charge >= 0.3 is 0 Å². The smallest absolute Gasteiger partial charge is 0.271 e. The first-order valence-electron chi connectivity index (χ1n) is 7.87. The molecule has 0 saturated heterocycles. The summed E-state index contributed by atoms with van der Waals surface area (Å²) in [5.74, 6) is 0.283. The summed E-state index contributed by atoms with van der Waals surface area (Å²) < 4.78 is 1.72. The van der Waals surface area contributed by atoms with Crippen LogP contribution in [0.15, 0.2) is 47.6 Å². The molecule has 3 aromatic rings. The predicted molar refractivity (Wildman–Crippen MR) is 109 cm³/mol. The SMILES string of the molecule is Cn1c(SCC(=O)Nc2cccc([N+](=O)[O-])c2)nnc1-c1ccc(Cl)cc1Cl. The number of nitro benzene ring substituents is 1. The molecule has 8 nitrogen and oxygen atoms in total. The van der Waals surface area contributed by atoms with Crippen molar-refractivity contribution in [2.45, 2.75) is 5.16 Å². The van der Waals surface area contributed by atoms with Crippen molar-refractivity contribution in [3.05, 3.63) is 62.6 Å². The summed E-state index contributed by atoms with van der Waals surface area (Å²) in [7, 11) is 1.76. The van der Waals surface area contributed by atoms with Crippen molar-refractivity contribution in [2.75, 3.05) is 11.1 Å². The molecule has 1 aromatic heterocycles. The number of carbonyl (C=O) groups excluding carboxylic acids is 1. The first-order chi connectivity index (χ1) is 13.3. The number of thioether (sulfide) groups is 1. The van der Waals surface area contributed by atoms with Gasteiger partial charge in [0.1, 0.15) is 0 Å². The molecule has 1 N–H and O–H groups in total. The van der Waals surface area contributed by atoms with E-state index in [-0.39, 0.29) is 17.3 Å². The number of nitrogens with zero attached hydrogens (tertiary/aromatic N) is 4. The third-order valence-corrected chi connectivity index (χ3v) is 5.25. The number of hydrogen-bond donors (Lipinski definition) is 1. The minimum absolute atomic E-state index is 0.0585. The van der Waals surface area contributed by atoms with E-state index in [0.29, 0.717) is 32.3 Å². The Hall–Kier alpha value is -2.62. The fourth-order valence-corrected chi connectivity index (χ4v) is 3.57. The number of amides is 1. The predicted octanol–water partition coefficient (Wildman–Crippen LogP) is 4.43. The van der Waals surface area contributed by atoms with Crippen LogP contribution in [0.4, 0.5) is 11.4 Å². The maximum absolute atomic E-state index is 12.2. The Balaban J connectivity index is 1.67. The Bertz CT molecular complexity index is 1060. The number of nitro groups is 1. The molecule has 0 fully saturated rings.